The Hall–Kier alpha value is -1.34. The van der Waals surface area contributed by atoms with Gasteiger partial charge in [0, 0.05) is 39.1 Å². The lowest BCUT2D eigenvalue weighted by Gasteiger charge is -2.36. The molecule has 114 valence electrons. The molecule has 7 heteroatoms. The van der Waals surface area contributed by atoms with Crippen molar-refractivity contribution in [2.45, 2.75) is 31.4 Å². The van der Waals surface area contributed by atoms with Crippen molar-refractivity contribution in [3.8, 4) is 0 Å². The Morgan fingerprint density at radius 2 is 2.10 bits per heavy atom. The zero-order valence-corrected chi connectivity index (χ0v) is 11.7. The van der Waals surface area contributed by atoms with Crippen LogP contribution in [0.4, 0.5) is 4.79 Å². The molecule has 0 bridgehead atoms. The van der Waals surface area contributed by atoms with E-state index in [2.05, 4.69) is 0 Å². The molecule has 0 saturated carbocycles. The molecule has 2 N–H and O–H groups in total. The maximum absolute atomic E-state index is 12.4. The largest absolute Gasteiger partial charge is 0.480 e. The monoisotopic (exact) mass is 286 g/mol. The average Bonchev–Trinajstić information content (AvgIpc) is 2.81. The number of urea groups is 1. The summed E-state index contributed by atoms with van der Waals surface area (Å²) in [5, 5.41) is 18.7. The van der Waals surface area contributed by atoms with Gasteiger partial charge >= 0.3 is 12.0 Å². The number of ether oxygens (including phenoxy) is 1. The summed E-state index contributed by atoms with van der Waals surface area (Å²) in [6.07, 6.45) is 1.27. The number of carboxylic acids is 1. The van der Waals surface area contributed by atoms with E-state index in [0.717, 1.165) is 12.8 Å². The first-order valence-corrected chi connectivity index (χ1v) is 6.98. The second-order valence-corrected chi connectivity index (χ2v) is 5.59. The average molecular weight is 286 g/mol. The molecule has 2 aliphatic heterocycles. The molecule has 0 aromatic carbocycles. The molecule has 2 amide bonds. The number of aliphatic hydroxyl groups excluding tert-OH is 1. The van der Waals surface area contributed by atoms with E-state index < -0.39 is 18.1 Å². The Bertz CT molecular complexity index is 374. The van der Waals surface area contributed by atoms with E-state index in [1.807, 2.05) is 0 Å². The minimum absolute atomic E-state index is 0.0985. The quantitative estimate of drug-likeness (QED) is 0.761. The van der Waals surface area contributed by atoms with Crippen LogP contribution in [0.2, 0.25) is 0 Å². The van der Waals surface area contributed by atoms with Gasteiger partial charge in [-0.2, -0.15) is 0 Å². The zero-order valence-electron chi connectivity index (χ0n) is 11.7. The minimum atomic E-state index is -1.06. The van der Waals surface area contributed by atoms with Gasteiger partial charge < -0.3 is 24.7 Å². The molecule has 2 heterocycles. The second-order valence-electron chi connectivity index (χ2n) is 5.59. The molecule has 0 radical (unpaired) electrons. The van der Waals surface area contributed by atoms with Gasteiger partial charge in [0.25, 0.3) is 0 Å². The lowest BCUT2D eigenvalue weighted by Crippen LogP contribution is -2.51. The first-order chi connectivity index (χ1) is 9.52. The molecule has 2 aliphatic rings. The van der Waals surface area contributed by atoms with Crippen molar-refractivity contribution >= 4 is 12.0 Å². The van der Waals surface area contributed by atoms with Crippen molar-refractivity contribution < 1.29 is 24.5 Å². The summed E-state index contributed by atoms with van der Waals surface area (Å²) in [5.41, 5.74) is 0. The highest BCUT2D eigenvalue weighted by Gasteiger charge is 2.41. The van der Waals surface area contributed by atoms with E-state index in [1.54, 1.807) is 12.0 Å². The Labute approximate surface area is 118 Å². The normalized spacial score (nSPS) is 30.6. The Balaban J connectivity index is 2.00. The fourth-order valence-electron chi connectivity index (χ4n) is 3.05. The number of methoxy groups -OCH3 is 1. The van der Waals surface area contributed by atoms with Crippen LogP contribution in [-0.2, 0) is 9.53 Å². The number of piperidine rings is 1. The maximum Gasteiger partial charge on any atom is 0.326 e. The molecule has 2 saturated heterocycles. The lowest BCUT2D eigenvalue weighted by molar-refractivity contribution is -0.141. The minimum Gasteiger partial charge on any atom is -0.480 e. The summed E-state index contributed by atoms with van der Waals surface area (Å²) in [7, 11) is 1.64. The van der Waals surface area contributed by atoms with E-state index in [4.69, 9.17) is 9.84 Å². The van der Waals surface area contributed by atoms with Crippen LogP contribution in [0.25, 0.3) is 0 Å². The van der Waals surface area contributed by atoms with Crippen molar-refractivity contribution in [2.24, 2.45) is 5.92 Å². The van der Waals surface area contributed by atoms with Gasteiger partial charge in [0.15, 0.2) is 0 Å². The van der Waals surface area contributed by atoms with Gasteiger partial charge in [0.2, 0.25) is 0 Å². The number of amides is 2. The molecule has 2 unspecified atom stereocenters. The number of β-amino-alcohol motifs (C(OH)–C–C–N with tert-alkyl or cyclic N) is 1. The number of likely N-dealkylation sites (tertiary alicyclic amines) is 2. The van der Waals surface area contributed by atoms with Crippen molar-refractivity contribution in [3.63, 3.8) is 0 Å². The van der Waals surface area contributed by atoms with Crippen LogP contribution in [-0.4, -0.2) is 77.5 Å². The summed E-state index contributed by atoms with van der Waals surface area (Å²) < 4.78 is 5.13. The Kier molecular flexibility index (Phi) is 4.82. The highest BCUT2D eigenvalue weighted by atomic mass is 16.5. The van der Waals surface area contributed by atoms with Crippen LogP contribution in [0.3, 0.4) is 0 Å². The molecule has 3 atom stereocenters. The van der Waals surface area contributed by atoms with Crippen molar-refractivity contribution in [1.82, 2.24) is 9.80 Å². The molecular weight excluding hydrogens is 264 g/mol. The fraction of sp³-hybridized carbons (Fsp3) is 0.846. The second kappa shape index (κ2) is 6.41. The van der Waals surface area contributed by atoms with Crippen molar-refractivity contribution in [1.29, 1.82) is 0 Å². The molecule has 20 heavy (non-hydrogen) atoms. The summed E-state index contributed by atoms with van der Waals surface area (Å²) in [6, 6.07) is -1.20. The number of carboxylic acid groups (broad SMARTS) is 1. The molecule has 2 rings (SSSR count). The van der Waals surface area contributed by atoms with E-state index in [-0.39, 0.29) is 19.0 Å². The number of hydrogen-bond donors (Lipinski definition) is 2. The van der Waals surface area contributed by atoms with Gasteiger partial charge in [-0.25, -0.2) is 9.59 Å². The molecule has 2 fully saturated rings. The molecule has 0 aliphatic carbocycles. The number of aliphatic hydroxyl groups is 1. The SMILES string of the molecule is COCC1CCCN(C(=O)N2CC(O)C[C@H]2C(=O)O)C1. The number of nitrogens with zero attached hydrogens (tertiary/aromatic N) is 2. The molecule has 0 aromatic heterocycles. The maximum atomic E-state index is 12.4. The summed E-state index contributed by atoms with van der Waals surface area (Å²) >= 11 is 0. The highest BCUT2D eigenvalue weighted by Crippen LogP contribution is 2.23. The third-order valence-electron chi connectivity index (χ3n) is 4.00. The lowest BCUT2D eigenvalue weighted by atomic mass is 9.99. The fourth-order valence-corrected chi connectivity index (χ4v) is 3.05. The smallest absolute Gasteiger partial charge is 0.326 e. The number of aliphatic carboxylic acids is 1. The van der Waals surface area contributed by atoms with Gasteiger partial charge in [-0.15, -0.1) is 0 Å². The van der Waals surface area contributed by atoms with Crippen LogP contribution >= 0.6 is 0 Å². The number of carbonyl (C=O) groups excluding carboxylic acids is 1. The van der Waals surface area contributed by atoms with Gasteiger partial charge in [-0.3, -0.25) is 0 Å². The number of hydrogen-bond acceptors (Lipinski definition) is 4. The van der Waals surface area contributed by atoms with Crippen LogP contribution in [0, 0.1) is 5.92 Å². The van der Waals surface area contributed by atoms with Gasteiger partial charge in [-0.05, 0) is 12.8 Å². The Morgan fingerprint density at radius 3 is 2.75 bits per heavy atom. The highest BCUT2D eigenvalue weighted by molar-refractivity contribution is 5.83. The first-order valence-electron chi connectivity index (χ1n) is 6.98. The van der Waals surface area contributed by atoms with Crippen LogP contribution in [0.15, 0.2) is 0 Å². The zero-order chi connectivity index (χ0) is 14.7. The van der Waals surface area contributed by atoms with Gasteiger partial charge in [0.05, 0.1) is 12.7 Å². The third kappa shape index (κ3) is 3.21. The van der Waals surface area contributed by atoms with Crippen molar-refractivity contribution in [2.75, 3.05) is 33.4 Å². The summed E-state index contributed by atoms with van der Waals surface area (Å²) in [4.78, 5) is 26.6. The third-order valence-corrected chi connectivity index (χ3v) is 4.00. The van der Waals surface area contributed by atoms with Gasteiger partial charge in [0.1, 0.15) is 6.04 Å². The number of carbonyl (C=O) groups is 2. The van der Waals surface area contributed by atoms with Crippen LogP contribution in [0.1, 0.15) is 19.3 Å². The van der Waals surface area contributed by atoms with E-state index in [0.29, 0.717) is 25.6 Å². The molecule has 7 nitrogen and oxygen atoms in total. The van der Waals surface area contributed by atoms with Crippen molar-refractivity contribution in [3.05, 3.63) is 0 Å². The summed E-state index contributed by atoms with van der Waals surface area (Å²) in [6.45, 7) is 1.93. The van der Waals surface area contributed by atoms with E-state index >= 15 is 0 Å². The van der Waals surface area contributed by atoms with E-state index in [9.17, 15) is 14.7 Å². The topological polar surface area (TPSA) is 90.3 Å². The summed E-state index contributed by atoms with van der Waals surface area (Å²) in [5.74, 6) is -0.756. The molecular formula is C13H22N2O5. The predicted molar refractivity (Wildman–Crippen MR) is 70.3 cm³/mol. The van der Waals surface area contributed by atoms with Gasteiger partial charge in [-0.1, -0.05) is 0 Å². The van der Waals surface area contributed by atoms with Crippen LogP contribution < -0.4 is 0 Å². The van der Waals surface area contributed by atoms with E-state index in [1.165, 1.54) is 4.90 Å². The molecule has 0 aromatic rings. The van der Waals surface area contributed by atoms with Crippen LogP contribution in [0.5, 0.6) is 0 Å². The molecule has 0 spiro atoms. The Morgan fingerprint density at radius 1 is 1.35 bits per heavy atom. The first kappa shape index (κ1) is 15.1. The number of rotatable bonds is 3. The predicted octanol–water partition coefficient (Wildman–Crippen LogP) is -0.0154. The standard InChI is InChI=1S/C13H22N2O5/c1-20-8-9-3-2-4-14(6-9)13(19)15-7-10(16)5-11(15)12(17)18/h9-11,16H,2-8H2,1H3,(H,17,18)/t9?,10?,11-/m0/s1.